The van der Waals surface area contributed by atoms with Crippen LogP contribution in [0.15, 0.2) is 36.8 Å². The van der Waals surface area contributed by atoms with Gasteiger partial charge in [0.1, 0.15) is 17.8 Å². The van der Waals surface area contributed by atoms with Crippen LogP contribution in [0.2, 0.25) is 0 Å². The highest BCUT2D eigenvalue weighted by molar-refractivity contribution is 6.18. The maximum absolute atomic E-state index is 13.1. The molecule has 0 unspecified atom stereocenters. The van der Waals surface area contributed by atoms with Crippen molar-refractivity contribution in [1.29, 1.82) is 0 Å². The number of carbonyl (C=O) groups excluding carboxylic acids is 1. The SMILES string of the molecule is Cc1ccccc1C(=O)c1c[nH]c2ncnc(NC[C@@H]3CC[C@@H](NC(=O)O)CO3)c12. The van der Waals surface area contributed by atoms with Crippen molar-refractivity contribution in [1.82, 2.24) is 20.3 Å². The summed E-state index contributed by atoms with van der Waals surface area (Å²) in [6, 6.07) is 7.28. The van der Waals surface area contributed by atoms with Crippen molar-refractivity contribution in [2.45, 2.75) is 31.9 Å². The molecule has 1 aromatic carbocycles. The molecule has 4 rings (SSSR count). The summed E-state index contributed by atoms with van der Waals surface area (Å²) in [5.74, 6) is 0.473. The van der Waals surface area contributed by atoms with Gasteiger partial charge in [-0.15, -0.1) is 0 Å². The van der Waals surface area contributed by atoms with Gasteiger partial charge in [-0.3, -0.25) is 4.79 Å². The number of H-pyrrole nitrogens is 1. The zero-order valence-corrected chi connectivity index (χ0v) is 16.5. The average Bonchev–Trinajstić information content (AvgIpc) is 3.17. The lowest BCUT2D eigenvalue weighted by molar-refractivity contribution is 0.00615. The van der Waals surface area contributed by atoms with E-state index in [9.17, 15) is 9.59 Å². The first-order valence-electron chi connectivity index (χ1n) is 9.80. The average molecular weight is 409 g/mol. The molecule has 1 aliphatic heterocycles. The Bertz CT molecular complexity index is 1070. The number of benzene rings is 1. The van der Waals surface area contributed by atoms with Crippen molar-refractivity contribution in [2.75, 3.05) is 18.5 Å². The van der Waals surface area contributed by atoms with Gasteiger partial charge in [0.05, 0.1) is 29.7 Å². The Morgan fingerprint density at radius 3 is 2.80 bits per heavy atom. The van der Waals surface area contributed by atoms with Crippen molar-refractivity contribution in [2.24, 2.45) is 0 Å². The molecule has 4 N–H and O–H groups in total. The molecule has 30 heavy (non-hydrogen) atoms. The van der Waals surface area contributed by atoms with E-state index in [0.717, 1.165) is 5.56 Å². The van der Waals surface area contributed by atoms with Gasteiger partial charge in [0.15, 0.2) is 5.78 Å². The Morgan fingerprint density at radius 2 is 2.07 bits per heavy atom. The number of carbonyl (C=O) groups is 2. The highest BCUT2D eigenvalue weighted by Crippen LogP contribution is 2.27. The second kappa shape index (κ2) is 8.50. The summed E-state index contributed by atoms with van der Waals surface area (Å²) in [5.41, 5.74) is 2.64. The van der Waals surface area contributed by atoms with Gasteiger partial charge in [-0.1, -0.05) is 24.3 Å². The van der Waals surface area contributed by atoms with E-state index in [1.54, 1.807) is 6.20 Å². The largest absolute Gasteiger partial charge is 0.465 e. The Kier molecular flexibility index (Phi) is 5.62. The minimum Gasteiger partial charge on any atom is -0.465 e. The van der Waals surface area contributed by atoms with Crippen molar-refractivity contribution in [3.05, 3.63) is 53.5 Å². The maximum atomic E-state index is 13.1. The summed E-state index contributed by atoms with van der Waals surface area (Å²) in [4.78, 5) is 35.5. The molecule has 1 fully saturated rings. The minimum absolute atomic E-state index is 0.0729. The summed E-state index contributed by atoms with van der Waals surface area (Å²) in [6.07, 6.45) is 3.42. The van der Waals surface area contributed by atoms with Gasteiger partial charge in [0, 0.05) is 18.3 Å². The molecule has 1 aliphatic rings. The summed E-state index contributed by atoms with van der Waals surface area (Å²) in [5, 5.41) is 15.2. The molecular formula is C21H23N5O4. The number of hydrogen-bond acceptors (Lipinski definition) is 6. The van der Waals surface area contributed by atoms with E-state index in [0.29, 0.717) is 54.0 Å². The van der Waals surface area contributed by atoms with E-state index in [1.807, 2.05) is 31.2 Å². The van der Waals surface area contributed by atoms with Gasteiger partial charge in [-0.25, -0.2) is 14.8 Å². The number of nitrogens with one attached hydrogen (secondary N) is 3. The zero-order valence-electron chi connectivity index (χ0n) is 16.5. The lowest BCUT2D eigenvalue weighted by Crippen LogP contribution is -2.43. The van der Waals surface area contributed by atoms with Crippen LogP contribution in [0.4, 0.5) is 10.6 Å². The molecular weight excluding hydrogens is 386 g/mol. The number of amides is 1. The first-order valence-corrected chi connectivity index (χ1v) is 9.80. The maximum Gasteiger partial charge on any atom is 0.404 e. The first kappa shape index (κ1) is 19.8. The van der Waals surface area contributed by atoms with Gasteiger partial charge < -0.3 is 25.5 Å². The van der Waals surface area contributed by atoms with E-state index < -0.39 is 6.09 Å². The first-order chi connectivity index (χ1) is 14.5. The molecule has 0 bridgehead atoms. The van der Waals surface area contributed by atoms with Crippen LogP contribution in [0.5, 0.6) is 0 Å². The third-order valence-electron chi connectivity index (χ3n) is 5.30. The van der Waals surface area contributed by atoms with Crippen LogP contribution in [0, 0.1) is 6.92 Å². The van der Waals surface area contributed by atoms with Gasteiger partial charge in [-0.2, -0.15) is 0 Å². The number of hydrogen-bond donors (Lipinski definition) is 4. The van der Waals surface area contributed by atoms with E-state index in [-0.39, 0.29) is 17.9 Å². The second-order valence-corrected chi connectivity index (χ2v) is 7.35. The van der Waals surface area contributed by atoms with Gasteiger partial charge in [-0.05, 0) is 25.3 Å². The Balaban J connectivity index is 1.50. The van der Waals surface area contributed by atoms with Crippen molar-refractivity contribution in [3.63, 3.8) is 0 Å². The molecule has 9 nitrogen and oxygen atoms in total. The number of fused-ring (bicyclic) bond motifs is 1. The minimum atomic E-state index is -1.04. The number of aromatic amines is 1. The molecule has 2 aromatic heterocycles. The van der Waals surface area contributed by atoms with Crippen molar-refractivity contribution >= 4 is 28.7 Å². The number of aromatic nitrogens is 3. The summed E-state index contributed by atoms with van der Waals surface area (Å²) in [7, 11) is 0. The molecule has 1 amide bonds. The number of nitrogens with zero attached hydrogens (tertiary/aromatic N) is 2. The van der Waals surface area contributed by atoms with Crippen LogP contribution < -0.4 is 10.6 Å². The third-order valence-corrected chi connectivity index (χ3v) is 5.30. The lowest BCUT2D eigenvalue weighted by atomic mass is 9.99. The van der Waals surface area contributed by atoms with Crippen LogP contribution in [-0.2, 0) is 4.74 Å². The predicted octanol–water partition coefficient (Wildman–Crippen LogP) is 2.72. The molecule has 2 atom stereocenters. The smallest absolute Gasteiger partial charge is 0.404 e. The van der Waals surface area contributed by atoms with E-state index >= 15 is 0 Å². The van der Waals surface area contributed by atoms with Crippen molar-refractivity contribution in [3.8, 4) is 0 Å². The number of ketones is 1. The summed E-state index contributed by atoms with van der Waals surface area (Å²) < 4.78 is 5.76. The Morgan fingerprint density at radius 1 is 1.23 bits per heavy atom. The normalized spacial score (nSPS) is 18.8. The van der Waals surface area contributed by atoms with Crippen LogP contribution in [0.25, 0.3) is 11.0 Å². The number of ether oxygens (including phenoxy) is 1. The van der Waals surface area contributed by atoms with E-state index in [1.165, 1.54) is 6.33 Å². The molecule has 1 saturated heterocycles. The second-order valence-electron chi connectivity index (χ2n) is 7.35. The Hall–Kier alpha value is -3.46. The quantitative estimate of drug-likeness (QED) is 0.461. The summed E-state index contributed by atoms with van der Waals surface area (Å²) in [6.45, 7) is 2.73. The third kappa shape index (κ3) is 4.11. The monoisotopic (exact) mass is 409 g/mol. The predicted molar refractivity (Wildman–Crippen MR) is 111 cm³/mol. The molecule has 0 saturated carbocycles. The zero-order chi connectivity index (χ0) is 21.1. The molecule has 156 valence electrons. The highest BCUT2D eigenvalue weighted by atomic mass is 16.5. The number of rotatable bonds is 6. The number of carboxylic acid groups (broad SMARTS) is 1. The van der Waals surface area contributed by atoms with E-state index in [2.05, 4.69) is 25.6 Å². The van der Waals surface area contributed by atoms with Crippen LogP contribution >= 0.6 is 0 Å². The Labute approximate surface area is 172 Å². The lowest BCUT2D eigenvalue weighted by Gasteiger charge is -2.29. The molecule has 3 aromatic rings. The number of aryl methyl sites for hydroxylation is 1. The standard InChI is InChI=1S/C21H23N5O4/c1-12-4-2-3-5-15(12)18(27)16-9-23-20-17(16)19(24-11-25-20)22-8-14-7-6-13(10-30-14)26-21(28)29/h2-5,9,11,13-14,26H,6-8,10H2,1H3,(H,28,29)(H2,22,23,24,25)/t13-,14+/m1/s1. The summed E-state index contributed by atoms with van der Waals surface area (Å²) >= 11 is 0. The molecule has 0 radical (unpaired) electrons. The molecule has 3 heterocycles. The van der Waals surface area contributed by atoms with Crippen LogP contribution in [0.3, 0.4) is 0 Å². The van der Waals surface area contributed by atoms with E-state index in [4.69, 9.17) is 9.84 Å². The fraction of sp³-hybridized carbons (Fsp3) is 0.333. The van der Waals surface area contributed by atoms with Crippen LogP contribution in [0.1, 0.15) is 34.3 Å². The number of anilines is 1. The van der Waals surface area contributed by atoms with Gasteiger partial charge in [0.25, 0.3) is 0 Å². The molecule has 0 aliphatic carbocycles. The topological polar surface area (TPSA) is 129 Å². The van der Waals surface area contributed by atoms with Crippen molar-refractivity contribution < 1.29 is 19.4 Å². The fourth-order valence-corrected chi connectivity index (χ4v) is 3.71. The fourth-order valence-electron chi connectivity index (χ4n) is 3.71. The highest BCUT2D eigenvalue weighted by Gasteiger charge is 2.24. The molecule has 9 heteroatoms. The molecule has 0 spiro atoms. The van der Waals surface area contributed by atoms with Gasteiger partial charge >= 0.3 is 6.09 Å². The van der Waals surface area contributed by atoms with Gasteiger partial charge in [0.2, 0.25) is 0 Å². The van der Waals surface area contributed by atoms with Crippen LogP contribution in [-0.4, -0.2) is 57.2 Å².